The number of amides is 4. The summed E-state index contributed by atoms with van der Waals surface area (Å²) in [6.45, 7) is 1.54. The molecule has 2 aliphatic carbocycles. The van der Waals surface area contributed by atoms with Gasteiger partial charge in [-0.1, -0.05) is 25.0 Å². The van der Waals surface area contributed by atoms with E-state index in [9.17, 15) is 32.7 Å². The Labute approximate surface area is 275 Å². The molecule has 0 spiro atoms. The third-order valence-corrected chi connectivity index (χ3v) is 11.4. The molecule has 6 rings (SSSR count). The Balaban J connectivity index is 1.31. The highest BCUT2D eigenvalue weighted by atomic mass is 32.2. The molecule has 1 aromatic carbocycles. The predicted octanol–water partition coefficient (Wildman–Crippen LogP) is 2.40. The maximum Gasteiger partial charge on any atom is 0.405 e. The maximum absolute atomic E-state index is 15.1. The summed E-state index contributed by atoms with van der Waals surface area (Å²) in [6.07, 6.45) is -2.53. The molecule has 2 aliphatic heterocycles. The van der Waals surface area contributed by atoms with Gasteiger partial charge in [0.2, 0.25) is 33.6 Å². The zero-order valence-corrected chi connectivity index (χ0v) is 27.1. The minimum atomic E-state index is -4.07. The Hall–Kier alpha value is -4.15. The molecule has 0 unspecified atom stereocenters. The van der Waals surface area contributed by atoms with Gasteiger partial charge in [0.25, 0.3) is 5.91 Å². The van der Waals surface area contributed by atoms with E-state index >= 15 is 8.78 Å². The smallest absolute Gasteiger partial charge is 0.405 e. The van der Waals surface area contributed by atoms with Crippen molar-refractivity contribution in [2.24, 2.45) is 5.92 Å². The molecule has 4 amide bonds. The number of aryl methyl sites for hydroxylation is 1. The lowest BCUT2D eigenvalue weighted by Gasteiger charge is -2.29. The molecule has 4 aliphatic rings. The van der Waals surface area contributed by atoms with Crippen molar-refractivity contribution in [2.75, 3.05) is 6.54 Å². The van der Waals surface area contributed by atoms with Crippen LogP contribution in [0.4, 0.5) is 13.6 Å². The van der Waals surface area contributed by atoms with Crippen molar-refractivity contribution >= 4 is 44.9 Å². The third kappa shape index (κ3) is 7.15. The second-order valence-electron chi connectivity index (χ2n) is 13.3. The summed E-state index contributed by atoms with van der Waals surface area (Å²) < 4.78 is 63.7. The second-order valence-corrected chi connectivity index (χ2v) is 15.2. The summed E-state index contributed by atoms with van der Waals surface area (Å²) in [4.78, 5) is 63.3. The SMILES string of the molecule is Cc1nc2ccccc2nc1O[C@@H]1C[C@H]2C(=O)N[C@]3(C(=O)NS(=O)(=O)C4CC4)C[C@H]3CC(F)(F)CCCCC[C@H](NC(=O)O)C(=O)N2C1. The van der Waals surface area contributed by atoms with Gasteiger partial charge in [-0.2, -0.15) is 0 Å². The molecule has 4 N–H and O–H groups in total. The van der Waals surface area contributed by atoms with Gasteiger partial charge in [0.15, 0.2) is 0 Å². The molecule has 14 nitrogen and oxygen atoms in total. The summed E-state index contributed by atoms with van der Waals surface area (Å²) >= 11 is 0. The molecule has 4 fully saturated rings. The van der Waals surface area contributed by atoms with E-state index in [2.05, 4.69) is 20.6 Å². The van der Waals surface area contributed by atoms with Crippen LogP contribution in [0.25, 0.3) is 11.0 Å². The molecule has 2 saturated heterocycles. The third-order valence-electron chi connectivity index (χ3n) is 9.56. The highest BCUT2D eigenvalue weighted by molar-refractivity contribution is 7.91. The number of para-hydroxylation sites is 2. The minimum absolute atomic E-state index is 0.0102. The quantitative estimate of drug-likeness (QED) is 0.349. The van der Waals surface area contributed by atoms with Gasteiger partial charge in [-0.05, 0) is 57.1 Å². The van der Waals surface area contributed by atoms with E-state index in [0.717, 1.165) is 0 Å². The molecule has 17 heteroatoms. The van der Waals surface area contributed by atoms with E-state index in [-0.39, 0.29) is 50.9 Å². The van der Waals surface area contributed by atoms with Crippen LogP contribution >= 0.6 is 0 Å². The molecule has 0 bridgehead atoms. The van der Waals surface area contributed by atoms with Gasteiger partial charge in [-0.3, -0.25) is 19.1 Å². The number of carboxylic acid groups (broad SMARTS) is 1. The Kier molecular flexibility index (Phi) is 8.93. The van der Waals surface area contributed by atoms with E-state index in [0.29, 0.717) is 29.6 Å². The minimum Gasteiger partial charge on any atom is -0.471 e. The van der Waals surface area contributed by atoms with Gasteiger partial charge < -0.3 is 25.4 Å². The largest absolute Gasteiger partial charge is 0.471 e. The number of alkyl halides is 2. The average Bonchev–Trinajstić information content (AvgIpc) is 3.93. The van der Waals surface area contributed by atoms with Crippen LogP contribution in [0.15, 0.2) is 24.3 Å². The van der Waals surface area contributed by atoms with Gasteiger partial charge in [0.05, 0.1) is 22.8 Å². The van der Waals surface area contributed by atoms with Crippen LogP contribution in [-0.2, 0) is 24.4 Å². The lowest BCUT2D eigenvalue weighted by molar-refractivity contribution is -0.141. The molecule has 48 heavy (non-hydrogen) atoms. The van der Waals surface area contributed by atoms with Gasteiger partial charge in [0.1, 0.15) is 29.4 Å². The summed E-state index contributed by atoms with van der Waals surface area (Å²) in [5.74, 6) is -6.77. The topological polar surface area (TPSA) is 197 Å². The Morgan fingerprint density at radius 3 is 2.46 bits per heavy atom. The van der Waals surface area contributed by atoms with Crippen molar-refractivity contribution in [3.05, 3.63) is 30.0 Å². The van der Waals surface area contributed by atoms with E-state index in [1.807, 2.05) is 10.8 Å². The Bertz CT molecular complexity index is 1740. The van der Waals surface area contributed by atoms with Crippen LogP contribution in [0.1, 0.15) is 69.9 Å². The van der Waals surface area contributed by atoms with Crippen LogP contribution in [0, 0.1) is 12.8 Å². The summed E-state index contributed by atoms with van der Waals surface area (Å²) in [5.41, 5.74) is -0.296. The van der Waals surface area contributed by atoms with Crippen molar-refractivity contribution in [2.45, 2.75) is 106 Å². The summed E-state index contributed by atoms with van der Waals surface area (Å²) in [6, 6.07) is 4.54. The number of hydrogen-bond donors (Lipinski definition) is 4. The first-order chi connectivity index (χ1) is 22.7. The number of benzene rings is 1. The lowest BCUT2D eigenvalue weighted by atomic mass is 10.00. The summed E-state index contributed by atoms with van der Waals surface area (Å²) in [7, 11) is -4.07. The van der Waals surface area contributed by atoms with Gasteiger partial charge in [-0.25, -0.2) is 32.0 Å². The maximum atomic E-state index is 15.1. The fourth-order valence-electron chi connectivity index (χ4n) is 6.74. The number of carbonyl (C=O) groups is 4. The number of ether oxygens (including phenoxy) is 1. The fourth-order valence-corrected chi connectivity index (χ4v) is 8.11. The number of fused-ring (bicyclic) bond motifs is 3. The normalized spacial score (nSPS) is 29.4. The number of sulfonamides is 1. The summed E-state index contributed by atoms with van der Waals surface area (Å²) in [5, 5.41) is 13.5. The molecule has 2 saturated carbocycles. The van der Waals surface area contributed by atoms with Gasteiger partial charge >= 0.3 is 6.09 Å². The highest BCUT2D eigenvalue weighted by Crippen LogP contribution is 2.51. The van der Waals surface area contributed by atoms with E-state index in [1.54, 1.807) is 25.1 Å². The average molecular weight is 693 g/mol. The molecule has 5 atom stereocenters. The number of carbonyl (C=O) groups excluding carboxylic acids is 3. The van der Waals surface area contributed by atoms with E-state index in [4.69, 9.17) is 4.74 Å². The standard InChI is InChI=1S/C31H38F2N6O8S/c1-17-26(35-22-8-5-4-7-21(22)34-17)47-19-13-24-25(40)37-31(28(42)38-48(45,46)20-10-11-20)15-18(31)14-30(32,33)12-6-2-3-9-23(36-29(43)44)27(41)39(24)16-19/h4-5,7-8,18-20,23-24,36H,2-3,6,9-16H2,1H3,(H,37,40)(H,38,42)(H,43,44)/t18-,19-,23+,24+,31-/m1/s1. The first-order valence-electron chi connectivity index (χ1n) is 16.1. The molecule has 3 heterocycles. The van der Waals surface area contributed by atoms with Crippen LogP contribution in [0.5, 0.6) is 5.88 Å². The van der Waals surface area contributed by atoms with Crippen molar-refractivity contribution in [3.8, 4) is 5.88 Å². The lowest BCUT2D eigenvalue weighted by Crippen LogP contribution is -2.58. The van der Waals surface area contributed by atoms with Crippen LogP contribution < -0.4 is 20.1 Å². The zero-order valence-electron chi connectivity index (χ0n) is 26.3. The van der Waals surface area contributed by atoms with E-state index in [1.165, 1.54) is 4.90 Å². The fraction of sp³-hybridized carbons (Fsp3) is 0.613. The second kappa shape index (κ2) is 12.7. The van der Waals surface area contributed by atoms with Crippen molar-refractivity contribution < 1.29 is 46.2 Å². The van der Waals surface area contributed by atoms with Crippen LogP contribution in [0.2, 0.25) is 0 Å². The van der Waals surface area contributed by atoms with Crippen LogP contribution in [-0.4, -0.2) is 93.7 Å². The monoisotopic (exact) mass is 692 g/mol. The molecule has 260 valence electrons. The van der Waals surface area contributed by atoms with Crippen molar-refractivity contribution in [3.63, 3.8) is 0 Å². The molecular formula is C31H38F2N6O8S. The Morgan fingerprint density at radius 1 is 1.06 bits per heavy atom. The molecule has 1 aromatic heterocycles. The first-order valence-corrected chi connectivity index (χ1v) is 17.7. The predicted molar refractivity (Wildman–Crippen MR) is 165 cm³/mol. The van der Waals surface area contributed by atoms with Gasteiger partial charge in [0, 0.05) is 19.3 Å². The first kappa shape index (κ1) is 33.7. The number of hydrogen-bond acceptors (Lipinski definition) is 9. The van der Waals surface area contributed by atoms with Crippen molar-refractivity contribution in [1.29, 1.82) is 0 Å². The molecule has 0 radical (unpaired) electrons. The number of nitrogens with one attached hydrogen (secondary N) is 3. The number of aromatic nitrogens is 2. The number of nitrogens with zero attached hydrogens (tertiary/aromatic N) is 3. The highest BCUT2D eigenvalue weighted by Gasteiger charge is 2.65. The van der Waals surface area contributed by atoms with Crippen molar-refractivity contribution in [1.82, 2.24) is 30.2 Å². The zero-order chi connectivity index (χ0) is 34.4. The number of halogens is 2. The van der Waals surface area contributed by atoms with E-state index < -0.39 is 87.5 Å². The van der Waals surface area contributed by atoms with Crippen LogP contribution in [0.3, 0.4) is 0 Å². The van der Waals surface area contributed by atoms with Gasteiger partial charge in [-0.15, -0.1) is 0 Å². The molecular weight excluding hydrogens is 654 g/mol. The molecule has 2 aromatic rings. The Morgan fingerprint density at radius 2 is 1.77 bits per heavy atom. The number of rotatable bonds is 6.